The standard InChI is InChI=1S/C28H34N2O6S2/c1-35-28(34)25-19-13-9-15-22(19)38-26(25)30-23(31)16-36-27(33)20-12-7-8-14-21(20)37-17-24(32)29-18-10-5-3-2-4-6-11-18/h7-8,12,14,18H,2-6,9-11,13,15-17H2,1H3,(H,29,32)(H,30,31). The first kappa shape index (κ1) is 28.2. The Morgan fingerprint density at radius 1 is 0.947 bits per heavy atom. The minimum atomic E-state index is -0.648. The third kappa shape index (κ3) is 7.38. The number of amides is 2. The van der Waals surface area contributed by atoms with Crippen LogP contribution in [0.2, 0.25) is 0 Å². The second kappa shape index (κ2) is 13.8. The summed E-state index contributed by atoms with van der Waals surface area (Å²) >= 11 is 2.64. The van der Waals surface area contributed by atoms with Gasteiger partial charge in [0.2, 0.25) is 5.91 Å². The number of carbonyl (C=O) groups excluding carboxylic acids is 4. The van der Waals surface area contributed by atoms with Crippen molar-refractivity contribution < 1.29 is 28.7 Å². The van der Waals surface area contributed by atoms with Gasteiger partial charge in [-0.05, 0) is 49.8 Å². The zero-order valence-electron chi connectivity index (χ0n) is 21.6. The number of esters is 2. The van der Waals surface area contributed by atoms with E-state index in [9.17, 15) is 19.2 Å². The van der Waals surface area contributed by atoms with Crippen LogP contribution in [-0.4, -0.2) is 49.3 Å². The summed E-state index contributed by atoms with van der Waals surface area (Å²) in [5.41, 5.74) is 1.62. The summed E-state index contributed by atoms with van der Waals surface area (Å²) in [6.45, 7) is -0.497. The third-order valence-electron chi connectivity index (χ3n) is 6.83. The number of fused-ring (bicyclic) bond motifs is 1. The van der Waals surface area contributed by atoms with Crippen LogP contribution in [0.5, 0.6) is 0 Å². The van der Waals surface area contributed by atoms with Gasteiger partial charge in [0.05, 0.1) is 24.0 Å². The van der Waals surface area contributed by atoms with E-state index in [0.29, 0.717) is 21.0 Å². The lowest BCUT2D eigenvalue weighted by molar-refractivity contribution is -0.120. The fourth-order valence-corrected chi connectivity index (χ4v) is 7.10. The molecule has 204 valence electrons. The molecule has 4 rings (SSSR count). The number of anilines is 1. The molecule has 2 N–H and O–H groups in total. The molecule has 0 bridgehead atoms. The fraction of sp³-hybridized carbons (Fsp3) is 0.500. The number of ether oxygens (including phenoxy) is 2. The highest BCUT2D eigenvalue weighted by atomic mass is 32.2. The largest absolute Gasteiger partial charge is 0.465 e. The highest BCUT2D eigenvalue weighted by Crippen LogP contribution is 2.39. The van der Waals surface area contributed by atoms with E-state index < -0.39 is 24.5 Å². The second-order valence-corrected chi connectivity index (χ2v) is 11.7. The molecule has 0 spiro atoms. The lowest BCUT2D eigenvalue weighted by Crippen LogP contribution is -2.36. The van der Waals surface area contributed by atoms with Crippen molar-refractivity contribution in [3.05, 3.63) is 45.8 Å². The first-order valence-corrected chi connectivity index (χ1v) is 15.0. The third-order valence-corrected chi connectivity index (χ3v) is 9.11. The Hall–Kier alpha value is -2.85. The molecule has 0 unspecified atom stereocenters. The molecule has 8 nitrogen and oxygen atoms in total. The average Bonchev–Trinajstić information content (AvgIpc) is 3.48. The van der Waals surface area contributed by atoms with E-state index in [1.807, 2.05) is 0 Å². The Morgan fingerprint density at radius 2 is 1.68 bits per heavy atom. The molecular formula is C28H34N2O6S2. The van der Waals surface area contributed by atoms with E-state index in [4.69, 9.17) is 9.47 Å². The Balaban J connectivity index is 1.30. The van der Waals surface area contributed by atoms with Crippen LogP contribution in [0.25, 0.3) is 0 Å². The number of thioether (sulfide) groups is 1. The summed E-state index contributed by atoms with van der Waals surface area (Å²) in [4.78, 5) is 51.9. The SMILES string of the molecule is COC(=O)c1c(NC(=O)COC(=O)c2ccccc2SCC(=O)NC2CCCCCCC2)sc2c1CCC2. The number of benzene rings is 1. The number of methoxy groups -OCH3 is 1. The molecule has 10 heteroatoms. The van der Waals surface area contributed by atoms with Gasteiger partial charge < -0.3 is 20.1 Å². The molecule has 0 radical (unpaired) electrons. The van der Waals surface area contributed by atoms with Gasteiger partial charge in [-0.25, -0.2) is 9.59 Å². The van der Waals surface area contributed by atoms with Gasteiger partial charge in [0.25, 0.3) is 5.91 Å². The molecule has 2 aromatic rings. The number of rotatable bonds is 9. The Bertz CT molecular complexity index is 1170. The highest BCUT2D eigenvalue weighted by molar-refractivity contribution is 8.00. The van der Waals surface area contributed by atoms with Gasteiger partial charge in [-0.2, -0.15) is 0 Å². The topological polar surface area (TPSA) is 111 Å². The number of nitrogens with one attached hydrogen (secondary N) is 2. The van der Waals surface area contributed by atoms with Crippen LogP contribution >= 0.6 is 23.1 Å². The second-order valence-electron chi connectivity index (χ2n) is 9.57. The lowest BCUT2D eigenvalue weighted by atomic mass is 9.97. The van der Waals surface area contributed by atoms with Crippen molar-refractivity contribution >= 4 is 51.9 Å². The first-order chi connectivity index (χ1) is 18.5. The van der Waals surface area contributed by atoms with Crippen molar-refractivity contribution in [2.75, 3.05) is 24.8 Å². The number of hydrogen-bond donors (Lipinski definition) is 2. The molecule has 2 amide bonds. The predicted molar refractivity (Wildman–Crippen MR) is 148 cm³/mol. The average molecular weight is 559 g/mol. The van der Waals surface area contributed by atoms with Crippen LogP contribution < -0.4 is 10.6 Å². The molecule has 2 aliphatic rings. The maximum atomic E-state index is 12.8. The van der Waals surface area contributed by atoms with Crippen molar-refractivity contribution in [2.24, 2.45) is 0 Å². The van der Waals surface area contributed by atoms with Gasteiger partial charge in [0.15, 0.2) is 6.61 Å². The van der Waals surface area contributed by atoms with Gasteiger partial charge in [-0.3, -0.25) is 9.59 Å². The van der Waals surface area contributed by atoms with Crippen LogP contribution in [-0.2, 0) is 31.9 Å². The minimum Gasteiger partial charge on any atom is -0.465 e. The van der Waals surface area contributed by atoms with E-state index in [1.165, 1.54) is 49.5 Å². The molecule has 0 atom stereocenters. The quantitative estimate of drug-likeness (QED) is 0.324. The summed E-state index contributed by atoms with van der Waals surface area (Å²) < 4.78 is 10.2. The van der Waals surface area contributed by atoms with Gasteiger partial charge in [0, 0.05) is 15.8 Å². The number of thiophene rings is 1. The monoisotopic (exact) mass is 558 g/mol. The zero-order valence-corrected chi connectivity index (χ0v) is 23.3. The van der Waals surface area contributed by atoms with Crippen LogP contribution in [0.1, 0.15) is 82.5 Å². The predicted octanol–water partition coefficient (Wildman–Crippen LogP) is 5.14. The van der Waals surface area contributed by atoms with Gasteiger partial charge in [0.1, 0.15) is 5.00 Å². The fourth-order valence-electron chi connectivity index (χ4n) is 4.96. The van der Waals surface area contributed by atoms with Crippen LogP contribution in [0.3, 0.4) is 0 Å². The molecule has 1 aromatic carbocycles. The Kier molecular flexibility index (Phi) is 10.2. The highest BCUT2D eigenvalue weighted by Gasteiger charge is 2.28. The minimum absolute atomic E-state index is 0.0487. The van der Waals surface area contributed by atoms with E-state index in [0.717, 1.165) is 55.4 Å². The number of carbonyl (C=O) groups is 4. The number of aryl methyl sites for hydroxylation is 1. The van der Waals surface area contributed by atoms with E-state index >= 15 is 0 Å². The molecule has 0 aliphatic heterocycles. The van der Waals surface area contributed by atoms with E-state index in [2.05, 4.69) is 10.6 Å². The maximum Gasteiger partial charge on any atom is 0.341 e. The van der Waals surface area contributed by atoms with Crippen molar-refractivity contribution in [1.82, 2.24) is 5.32 Å². The molecule has 1 heterocycles. The molecule has 1 fully saturated rings. The van der Waals surface area contributed by atoms with Crippen molar-refractivity contribution in [2.45, 2.75) is 75.1 Å². The van der Waals surface area contributed by atoms with E-state index in [-0.39, 0.29) is 17.7 Å². The molecular weight excluding hydrogens is 524 g/mol. The van der Waals surface area contributed by atoms with Crippen molar-refractivity contribution in [3.63, 3.8) is 0 Å². The molecule has 38 heavy (non-hydrogen) atoms. The molecule has 2 aliphatic carbocycles. The van der Waals surface area contributed by atoms with Gasteiger partial charge >= 0.3 is 11.9 Å². The number of hydrogen-bond acceptors (Lipinski definition) is 8. The Morgan fingerprint density at radius 3 is 2.45 bits per heavy atom. The van der Waals surface area contributed by atoms with Gasteiger partial charge in [-0.1, -0.05) is 44.2 Å². The summed E-state index contributed by atoms with van der Waals surface area (Å²) in [6, 6.07) is 7.11. The van der Waals surface area contributed by atoms with Gasteiger partial charge in [-0.15, -0.1) is 23.1 Å². The summed E-state index contributed by atoms with van der Waals surface area (Å²) in [5.74, 6) is -1.52. The Labute approximate surface area is 231 Å². The van der Waals surface area contributed by atoms with Crippen molar-refractivity contribution in [3.8, 4) is 0 Å². The zero-order chi connectivity index (χ0) is 26.9. The summed E-state index contributed by atoms with van der Waals surface area (Å²) in [6.07, 6.45) is 10.6. The summed E-state index contributed by atoms with van der Waals surface area (Å²) in [5, 5.41) is 6.27. The normalized spacial score (nSPS) is 15.6. The lowest BCUT2D eigenvalue weighted by Gasteiger charge is -2.21. The molecule has 1 saturated carbocycles. The molecule has 1 aromatic heterocycles. The van der Waals surface area contributed by atoms with Crippen LogP contribution in [0.4, 0.5) is 5.00 Å². The maximum absolute atomic E-state index is 12.8. The summed E-state index contributed by atoms with van der Waals surface area (Å²) in [7, 11) is 1.31. The van der Waals surface area contributed by atoms with Crippen LogP contribution in [0, 0.1) is 0 Å². The van der Waals surface area contributed by atoms with Crippen LogP contribution in [0.15, 0.2) is 29.2 Å². The molecule has 0 saturated heterocycles. The van der Waals surface area contributed by atoms with Crippen molar-refractivity contribution in [1.29, 1.82) is 0 Å². The van der Waals surface area contributed by atoms with E-state index in [1.54, 1.807) is 24.3 Å². The first-order valence-electron chi connectivity index (χ1n) is 13.2. The smallest absolute Gasteiger partial charge is 0.341 e.